The molecule has 0 radical (unpaired) electrons. The molecule has 0 amide bonds. The third-order valence-corrected chi connectivity index (χ3v) is 2.72. The number of ether oxygens (including phenoxy) is 1. The summed E-state index contributed by atoms with van der Waals surface area (Å²) in [6.07, 6.45) is 0. The number of aromatic nitrogens is 2. The van der Waals surface area contributed by atoms with Crippen molar-refractivity contribution in [2.45, 2.75) is 6.92 Å². The van der Waals surface area contributed by atoms with E-state index in [1.54, 1.807) is 6.92 Å². The van der Waals surface area contributed by atoms with Crippen LogP contribution in [0.4, 0.5) is 5.69 Å². The van der Waals surface area contributed by atoms with Crippen molar-refractivity contribution in [2.75, 3.05) is 6.61 Å². The van der Waals surface area contributed by atoms with Crippen molar-refractivity contribution in [1.29, 1.82) is 0 Å². The van der Waals surface area contributed by atoms with Gasteiger partial charge < -0.3 is 4.74 Å². The van der Waals surface area contributed by atoms with Crippen LogP contribution in [-0.2, 0) is 4.74 Å². The molecule has 104 valence electrons. The van der Waals surface area contributed by atoms with Crippen LogP contribution >= 0.6 is 11.6 Å². The molecule has 20 heavy (non-hydrogen) atoms. The van der Waals surface area contributed by atoms with Gasteiger partial charge in [0.1, 0.15) is 5.15 Å². The number of non-ortho nitro benzene ring substituents is 1. The molecule has 0 unspecified atom stereocenters. The summed E-state index contributed by atoms with van der Waals surface area (Å²) in [6.45, 7) is 1.92. The van der Waals surface area contributed by atoms with Crippen LogP contribution in [0.25, 0.3) is 5.69 Å². The summed E-state index contributed by atoms with van der Waals surface area (Å²) in [5.41, 5.74) is 0.550. The fourth-order valence-electron chi connectivity index (χ4n) is 1.56. The van der Waals surface area contributed by atoms with Crippen LogP contribution in [0.1, 0.15) is 17.4 Å². The van der Waals surface area contributed by atoms with Gasteiger partial charge >= 0.3 is 5.97 Å². The Labute approximate surface area is 118 Å². The predicted octanol–water partition coefficient (Wildman–Crippen LogP) is 2.61. The van der Waals surface area contributed by atoms with E-state index < -0.39 is 10.9 Å². The Kier molecular flexibility index (Phi) is 3.99. The van der Waals surface area contributed by atoms with E-state index in [-0.39, 0.29) is 23.1 Å². The van der Waals surface area contributed by atoms with Gasteiger partial charge in [0.15, 0.2) is 5.69 Å². The molecule has 7 nitrogen and oxygen atoms in total. The molecule has 0 saturated carbocycles. The number of hydrogen-bond acceptors (Lipinski definition) is 5. The highest BCUT2D eigenvalue weighted by molar-refractivity contribution is 6.30. The van der Waals surface area contributed by atoms with Gasteiger partial charge in [0, 0.05) is 18.2 Å². The number of hydrogen-bond donors (Lipinski definition) is 0. The first-order valence-corrected chi connectivity index (χ1v) is 6.08. The maximum absolute atomic E-state index is 11.5. The zero-order valence-corrected chi connectivity index (χ0v) is 11.2. The van der Waals surface area contributed by atoms with Crippen LogP contribution in [0.3, 0.4) is 0 Å². The average molecular weight is 296 g/mol. The SMILES string of the molecule is CCOC(=O)c1cc(Cl)n(-c2ccc([N+](=O)[O-])cc2)n1. The highest BCUT2D eigenvalue weighted by Gasteiger charge is 2.15. The van der Waals surface area contributed by atoms with Crippen LogP contribution < -0.4 is 0 Å². The Hall–Kier alpha value is -2.41. The summed E-state index contributed by atoms with van der Waals surface area (Å²) in [5, 5.41) is 14.8. The zero-order chi connectivity index (χ0) is 14.7. The topological polar surface area (TPSA) is 87.3 Å². The number of nitro groups is 1. The average Bonchev–Trinajstić information content (AvgIpc) is 2.81. The lowest BCUT2D eigenvalue weighted by Gasteiger charge is -2.02. The fourth-order valence-corrected chi connectivity index (χ4v) is 1.80. The number of nitrogens with zero attached hydrogens (tertiary/aromatic N) is 3. The Morgan fingerprint density at radius 1 is 1.45 bits per heavy atom. The lowest BCUT2D eigenvalue weighted by atomic mass is 10.3. The van der Waals surface area contributed by atoms with Crippen molar-refractivity contribution in [2.24, 2.45) is 0 Å². The van der Waals surface area contributed by atoms with Crippen molar-refractivity contribution >= 4 is 23.3 Å². The lowest BCUT2D eigenvalue weighted by Crippen LogP contribution is -2.06. The maximum Gasteiger partial charge on any atom is 0.358 e. The number of carbonyl (C=O) groups is 1. The molecule has 1 aromatic heterocycles. The number of rotatable bonds is 4. The zero-order valence-electron chi connectivity index (χ0n) is 10.4. The van der Waals surface area contributed by atoms with Gasteiger partial charge in [0.25, 0.3) is 5.69 Å². The van der Waals surface area contributed by atoms with Gasteiger partial charge in [-0.25, -0.2) is 9.48 Å². The lowest BCUT2D eigenvalue weighted by molar-refractivity contribution is -0.384. The second-order valence-electron chi connectivity index (χ2n) is 3.76. The third kappa shape index (κ3) is 2.77. The van der Waals surface area contributed by atoms with Gasteiger partial charge in [-0.15, -0.1) is 0 Å². The smallest absolute Gasteiger partial charge is 0.358 e. The molecule has 2 rings (SSSR count). The van der Waals surface area contributed by atoms with E-state index in [1.807, 2.05) is 0 Å². The third-order valence-electron chi connectivity index (χ3n) is 2.46. The summed E-state index contributed by atoms with van der Waals surface area (Å²) in [6, 6.07) is 7.02. The first-order chi connectivity index (χ1) is 9.52. The summed E-state index contributed by atoms with van der Waals surface area (Å²) in [5.74, 6) is -0.574. The molecule has 8 heteroatoms. The van der Waals surface area contributed by atoms with E-state index in [4.69, 9.17) is 16.3 Å². The molecule has 0 aliphatic heterocycles. The number of benzene rings is 1. The second-order valence-corrected chi connectivity index (χ2v) is 4.15. The Bertz CT molecular complexity index is 651. The minimum absolute atomic E-state index is 0.0392. The van der Waals surface area contributed by atoms with E-state index in [9.17, 15) is 14.9 Å². The van der Waals surface area contributed by atoms with E-state index in [0.29, 0.717) is 5.69 Å². The van der Waals surface area contributed by atoms with Crippen molar-refractivity contribution in [3.8, 4) is 5.69 Å². The van der Waals surface area contributed by atoms with Crippen LogP contribution in [0.5, 0.6) is 0 Å². The molecular formula is C12H10ClN3O4. The largest absolute Gasteiger partial charge is 0.461 e. The van der Waals surface area contributed by atoms with Gasteiger partial charge in [-0.3, -0.25) is 10.1 Å². The fraction of sp³-hybridized carbons (Fsp3) is 0.167. The van der Waals surface area contributed by atoms with E-state index >= 15 is 0 Å². The number of esters is 1. The molecule has 0 aliphatic rings. The number of carbonyl (C=O) groups excluding carboxylic acids is 1. The molecule has 2 aromatic rings. The second kappa shape index (κ2) is 5.70. The van der Waals surface area contributed by atoms with E-state index in [2.05, 4.69) is 5.10 Å². The Balaban J connectivity index is 2.33. The van der Waals surface area contributed by atoms with Gasteiger partial charge in [0.2, 0.25) is 0 Å². The van der Waals surface area contributed by atoms with Crippen LogP contribution in [0.2, 0.25) is 5.15 Å². The first-order valence-electron chi connectivity index (χ1n) is 5.70. The highest BCUT2D eigenvalue weighted by Crippen LogP contribution is 2.20. The number of nitro benzene ring substituents is 1. The molecule has 0 aliphatic carbocycles. The molecule has 0 fully saturated rings. The molecule has 1 aromatic carbocycles. The highest BCUT2D eigenvalue weighted by atomic mass is 35.5. The Morgan fingerprint density at radius 3 is 2.65 bits per heavy atom. The van der Waals surface area contributed by atoms with Gasteiger partial charge in [-0.05, 0) is 19.1 Å². The first kappa shape index (κ1) is 14.0. The molecule has 0 saturated heterocycles. The minimum atomic E-state index is -0.574. The van der Waals surface area contributed by atoms with Crippen molar-refractivity contribution in [3.63, 3.8) is 0 Å². The normalized spacial score (nSPS) is 10.3. The van der Waals surface area contributed by atoms with Crippen molar-refractivity contribution < 1.29 is 14.5 Å². The quantitative estimate of drug-likeness (QED) is 0.491. The maximum atomic E-state index is 11.5. The molecule has 0 N–H and O–H groups in total. The molecular weight excluding hydrogens is 286 g/mol. The summed E-state index contributed by atoms with van der Waals surface area (Å²) >= 11 is 5.98. The monoisotopic (exact) mass is 295 g/mol. The predicted molar refractivity (Wildman–Crippen MR) is 71.2 cm³/mol. The van der Waals surface area contributed by atoms with Crippen LogP contribution in [-0.4, -0.2) is 27.3 Å². The van der Waals surface area contributed by atoms with Crippen molar-refractivity contribution in [1.82, 2.24) is 9.78 Å². The molecule has 0 bridgehead atoms. The van der Waals surface area contributed by atoms with Gasteiger partial charge in [-0.1, -0.05) is 11.6 Å². The van der Waals surface area contributed by atoms with E-state index in [0.717, 1.165) is 0 Å². The van der Waals surface area contributed by atoms with Crippen LogP contribution in [0, 0.1) is 10.1 Å². The van der Waals surface area contributed by atoms with Crippen molar-refractivity contribution in [3.05, 3.63) is 51.3 Å². The Morgan fingerprint density at radius 2 is 2.10 bits per heavy atom. The minimum Gasteiger partial charge on any atom is -0.461 e. The van der Waals surface area contributed by atoms with E-state index in [1.165, 1.54) is 35.0 Å². The number of halogens is 1. The van der Waals surface area contributed by atoms with Gasteiger partial charge in [0.05, 0.1) is 17.2 Å². The van der Waals surface area contributed by atoms with Crippen LogP contribution in [0.15, 0.2) is 30.3 Å². The summed E-state index contributed by atoms with van der Waals surface area (Å²) in [4.78, 5) is 21.6. The summed E-state index contributed by atoms with van der Waals surface area (Å²) < 4.78 is 6.12. The molecule has 1 heterocycles. The van der Waals surface area contributed by atoms with Gasteiger partial charge in [-0.2, -0.15) is 5.10 Å². The standard InChI is InChI=1S/C12H10ClN3O4/c1-2-20-12(17)10-7-11(13)15(14-10)8-3-5-9(6-4-8)16(18)19/h3-7H,2H2,1H3. The molecule has 0 spiro atoms. The molecule has 0 atom stereocenters. The summed E-state index contributed by atoms with van der Waals surface area (Å²) in [7, 11) is 0.